The summed E-state index contributed by atoms with van der Waals surface area (Å²) >= 11 is 0. The van der Waals surface area contributed by atoms with Crippen molar-refractivity contribution in [3.63, 3.8) is 0 Å². The number of hydrogen-bond acceptors (Lipinski definition) is 4. The lowest BCUT2D eigenvalue weighted by atomic mass is 10.1. The lowest BCUT2D eigenvalue weighted by Gasteiger charge is -2.16. The molecular weight excluding hydrogens is 278 g/mol. The molecule has 1 amide bonds. The average molecular weight is 299 g/mol. The van der Waals surface area contributed by atoms with Crippen LogP contribution < -0.4 is 16.2 Å². The molecule has 0 saturated heterocycles. The van der Waals surface area contributed by atoms with Gasteiger partial charge in [-0.2, -0.15) is 0 Å². The SMILES string of the molecule is CC(CN)CC(=O)NC(C)c1ccc(S(N)(=O)=O)cc1. The second kappa shape index (κ2) is 6.83. The monoisotopic (exact) mass is 299 g/mol. The van der Waals surface area contributed by atoms with E-state index in [-0.39, 0.29) is 22.8 Å². The van der Waals surface area contributed by atoms with Crippen LogP contribution in [0, 0.1) is 5.92 Å². The molecule has 0 aliphatic rings. The van der Waals surface area contributed by atoms with E-state index in [1.807, 2.05) is 13.8 Å². The van der Waals surface area contributed by atoms with E-state index in [2.05, 4.69) is 5.32 Å². The molecule has 0 radical (unpaired) electrons. The number of nitrogens with one attached hydrogen (secondary N) is 1. The van der Waals surface area contributed by atoms with Crippen LogP contribution in [0.4, 0.5) is 0 Å². The van der Waals surface area contributed by atoms with Crippen LogP contribution in [0.25, 0.3) is 0 Å². The second-order valence-electron chi connectivity index (χ2n) is 4.95. The summed E-state index contributed by atoms with van der Waals surface area (Å²) in [5.41, 5.74) is 6.28. The predicted octanol–water partition coefficient (Wildman–Crippen LogP) is 0.496. The number of primary sulfonamides is 1. The molecule has 5 N–H and O–H groups in total. The topological polar surface area (TPSA) is 115 Å². The molecule has 1 aromatic carbocycles. The van der Waals surface area contributed by atoms with Gasteiger partial charge in [0.1, 0.15) is 0 Å². The number of nitrogens with two attached hydrogens (primary N) is 2. The van der Waals surface area contributed by atoms with Gasteiger partial charge in [-0.1, -0.05) is 19.1 Å². The Morgan fingerprint density at radius 3 is 2.25 bits per heavy atom. The van der Waals surface area contributed by atoms with Crippen molar-refractivity contribution in [2.45, 2.75) is 31.2 Å². The fourth-order valence-electron chi connectivity index (χ4n) is 1.73. The minimum absolute atomic E-state index is 0.0523. The summed E-state index contributed by atoms with van der Waals surface area (Å²) in [4.78, 5) is 11.8. The Hall–Kier alpha value is -1.44. The zero-order valence-corrected chi connectivity index (χ0v) is 12.5. The Morgan fingerprint density at radius 1 is 1.25 bits per heavy atom. The van der Waals surface area contributed by atoms with Crippen LogP contribution in [-0.2, 0) is 14.8 Å². The normalized spacial score (nSPS) is 14.6. The highest BCUT2D eigenvalue weighted by Gasteiger charge is 2.13. The van der Waals surface area contributed by atoms with Gasteiger partial charge in [0.25, 0.3) is 0 Å². The number of hydrogen-bond donors (Lipinski definition) is 3. The summed E-state index contributed by atoms with van der Waals surface area (Å²) in [5, 5.41) is 7.87. The van der Waals surface area contributed by atoms with Crippen molar-refractivity contribution in [1.82, 2.24) is 5.32 Å². The number of benzene rings is 1. The fourth-order valence-corrected chi connectivity index (χ4v) is 2.25. The molecule has 1 aromatic rings. The van der Waals surface area contributed by atoms with E-state index in [1.165, 1.54) is 12.1 Å². The van der Waals surface area contributed by atoms with Crippen molar-refractivity contribution in [2.24, 2.45) is 16.8 Å². The standard InChI is InChI=1S/C13H21N3O3S/c1-9(8-14)7-13(17)16-10(2)11-3-5-12(6-4-11)20(15,18)19/h3-6,9-10H,7-8,14H2,1-2H3,(H,16,17)(H2,15,18,19). The summed E-state index contributed by atoms with van der Waals surface area (Å²) in [6.45, 7) is 4.20. The summed E-state index contributed by atoms with van der Waals surface area (Å²) in [6.07, 6.45) is 0.371. The maximum atomic E-state index is 11.7. The minimum Gasteiger partial charge on any atom is -0.350 e. The third-order valence-corrected chi connectivity index (χ3v) is 3.95. The van der Waals surface area contributed by atoms with Gasteiger partial charge in [0.05, 0.1) is 10.9 Å². The Labute approximate surface area is 119 Å². The molecule has 0 aliphatic carbocycles. The number of carbonyl (C=O) groups is 1. The molecule has 112 valence electrons. The molecule has 1 rings (SSSR count). The molecule has 7 heteroatoms. The number of rotatable bonds is 6. The van der Waals surface area contributed by atoms with Crippen LogP contribution in [-0.4, -0.2) is 20.9 Å². The summed E-state index contributed by atoms with van der Waals surface area (Å²) in [6, 6.07) is 5.92. The third kappa shape index (κ3) is 4.92. The molecule has 0 spiro atoms. The summed E-state index contributed by atoms with van der Waals surface area (Å²) in [7, 11) is -3.69. The largest absolute Gasteiger partial charge is 0.350 e. The lowest BCUT2D eigenvalue weighted by Crippen LogP contribution is -2.29. The molecule has 0 aromatic heterocycles. The Kier molecular flexibility index (Phi) is 5.67. The highest BCUT2D eigenvalue weighted by Crippen LogP contribution is 2.16. The average Bonchev–Trinajstić information content (AvgIpc) is 2.37. The van der Waals surface area contributed by atoms with Crippen LogP contribution in [0.3, 0.4) is 0 Å². The zero-order valence-electron chi connectivity index (χ0n) is 11.7. The van der Waals surface area contributed by atoms with E-state index >= 15 is 0 Å². The minimum atomic E-state index is -3.69. The first kappa shape index (κ1) is 16.6. The van der Waals surface area contributed by atoms with Crippen molar-refractivity contribution in [3.8, 4) is 0 Å². The highest BCUT2D eigenvalue weighted by molar-refractivity contribution is 7.89. The maximum absolute atomic E-state index is 11.7. The second-order valence-corrected chi connectivity index (χ2v) is 6.51. The Bertz CT molecular complexity index is 555. The lowest BCUT2D eigenvalue weighted by molar-refractivity contribution is -0.122. The van der Waals surface area contributed by atoms with Gasteiger partial charge in [-0.05, 0) is 37.1 Å². The smallest absolute Gasteiger partial charge is 0.238 e. The van der Waals surface area contributed by atoms with Crippen LogP contribution in [0.1, 0.15) is 31.9 Å². The third-order valence-electron chi connectivity index (χ3n) is 3.02. The van der Waals surface area contributed by atoms with E-state index in [0.717, 1.165) is 5.56 Å². The summed E-state index contributed by atoms with van der Waals surface area (Å²) in [5.74, 6) is 0.0536. The molecule has 6 nitrogen and oxygen atoms in total. The first-order valence-electron chi connectivity index (χ1n) is 6.36. The molecule has 2 unspecified atom stereocenters. The molecule has 0 heterocycles. The molecule has 0 saturated carbocycles. The molecule has 0 fully saturated rings. The van der Waals surface area contributed by atoms with Gasteiger partial charge >= 0.3 is 0 Å². The molecule has 20 heavy (non-hydrogen) atoms. The van der Waals surface area contributed by atoms with E-state index in [1.54, 1.807) is 12.1 Å². The van der Waals surface area contributed by atoms with Crippen molar-refractivity contribution in [2.75, 3.05) is 6.54 Å². The molecule has 0 bridgehead atoms. The summed E-state index contributed by atoms with van der Waals surface area (Å²) < 4.78 is 22.3. The van der Waals surface area contributed by atoms with Crippen molar-refractivity contribution in [1.29, 1.82) is 0 Å². The van der Waals surface area contributed by atoms with Crippen LogP contribution >= 0.6 is 0 Å². The maximum Gasteiger partial charge on any atom is 0.238 e. The Balaban J connectivity index is 2.69. The van der Waals surface area contributed by atoms with Crippen molar-refractivity contribution < 1.29 is 13.2 Å². The molecule has 2 atom stereocenters. The van der Waals surface area contributed by atoms with Crippen molar-refractivity contribution in [3.05, 3.63) is 29.8 Å². The van der Waals surface area contributed by atoms with Gasteiger partial charge in [-0.3, -0.25) is 4.79 Å². The van der Waals surface area contributed by atoms with Gasteiger partial charge in [0.2, 0.25) is 15.9 Å². The van der Waals surface area contributed by atoms with E-state index in [4.69, 9.17) is 10.9 Å². The van der Waals surface area contributed by atoms with Gasteiger partial charge in [-0.15, -0.1) is 0 Å². The van der Waals surface area contributed by atoms with Gasteiger partial charge in [0.15, 0.2) is 0 Å². The first-order valence-corrected chi connectivity index (χ1v) is 7.91. The molecular formula is C13H21N3O3S. The predicted molar refractivity (Wildman–Crippen MR) is 77.2 cm³/mol. The first-order chi connectivity index (χ1) is 9.24. The number of amides is 1. The van der Waals surface area contributed by atoms with E-state index in [0.29, 0.717) is 13.0 Å². The van der Waals surface area contributed by atoms with Crippen LogP contribution in [0.2, 0.25) is 0 Å². The fraction of sp³-hybridized carbons (Fsp3) is 0.462. The highest BCUT2D eigenvalue weighted by atomic mass is 32.2. The number of carbonyl (C=O) groups excluding carboxylic acids is 1. The van der Waals surface area contributed by atoms with Gasteiger partial charge in [-0.25, -0.2) is 13.6 Å². The van der Waals surface area contributed by atoms with Crippen LogP contribution in [0.5, 0.6) is 0 Å². The molecule has 0 aliphatic heterocycles. The van der Waals surface area contributed by atoms with Gasteiger partial charge in [0, 0.05) is 6.42 Å². The Morgan fingerprint density at radius 2 is 1.80 bits per heavy atom. The van der Waals surface area contributed by atoms with E-state index in [9.17, 15) is 13.2 Å². The van der Waals surface area contributed by atoms with Crippen LogP contribution in [0.15, 0.2) is 29.2 Å². The van der Waals surface area contributed by atoms with Gasteiger partial charge < -0.3 is 11.1 Å². The quantitative estimate of drug-likeness (QED) is 0.709. The van der Waals surface area contributed by atoms with E-state index < -0.39 is 10.0 Å². The zero-order chi connectivity index (χ0) is 15.3. The number of sulfonamides is 1. The van der Waals surface area contributed by atoms with Crippen molar-refractivity contribution >= 4 is 15.9 Å².